The SMILES string of the molecule is CC(C)Nc1nc(C2CC2)nc(Cl)c1[N+](=O)[O-]. The molecule has 0 amide bonds. The molecule has 0 bridgehead atoms. The zero-order valence-corrected chi connectivity index (χ0v) is 10.4. The molecule has 1 heterocycles. The summed E-state index contributed by atoms with van der Waals surface area (Å²) in [5, 5.41) is 13.8. The lowest BCUT2D eigenvalue weighted by molar-refractivity contribution is -0.384. The third-order valence-electron chi connectivity index (χ3n) is 2.41. The van der Waals surface area contributed by atoms with Crippen LogP contribution in [0.25, 0.3) is 0 Å². The van der Waals surface area contributed by atoms with Crippen molar-refractivity contribution in [2.24, 2.45) is 0 Å². The monoisotopic (exact) mass is 256 g/mol. The number of rotatable bonds is 4. The van der Waals surface area contributed by atoms with Crippen molar-refractivity contribution in [2.45, 2.75) is 38.6 Å². The summed E-state index contributed by atoms with van der Waals surface area (Å²) in [6.45, 7) is 3.77. The molecule has 0 atom stereocenters. The van der Waals surface area contributed by atoms with E-state index in [4.69, 9.17) is 11.6 Å². The van der Waals surface area contributed by atoms with E-state index in [9.17, 15) is 10.1 Å². The van der Waals surface area contributed by atoms with Gasteiger partial charge in [0.2, 0.25) is 11.0 Å². The van der Waals surface area contributed by atoms with Gasteiger partial charge in [0.1, 0.15) is 5.82 Å². The standard InChI is InChI=1S/C10H13ClN4O2/c1-5(2)12-10-7(15(16)17)8(11)13-9(14-10)6-3-4-6/h5-6H,3-4H2,1-2H3,(H,12,13,14). The maximum Gasteiger partial charge on any atom is 0.348 e. The highest BCUT2D eigenvalue weighted by atomic mass is 35.5. The van der Waals surface area contributed by atoms with E-state index in [1.165, 1.54) is 0 Å². The summed E-state index contributed by atoms with van der Waals surface area (Å²) in [6, 6.07) is 0.0479. The highest BCUT2D eigenvalue weighted by Crippen LogP contribution is 2.41. The molecular formula is C10H13ClN4O2. The van der Waals surface area contributed by atoms with Crippen molar-refractivity contribution < 1.29 is 4.92 Å². The lowest BCUT2D eigenvalue weighted by atomic mass is 10.3. The fraction of sp³-hybridized carbons (Fsp3) is 0.600. The van der Waals surface area contributed by atoms with Gasteiger partial charge in [0.05, 0.1) is 4.92 Å². The minimum absolute atomic E-state index is 0.0479. The predicted molar refractivity (Wildman–Crippen MR) is 64.4 cm³/mol. The summed E-state index contributed by atoms with van der Waals surface area (Å²) < 4.78 is 0. The normalized spacial score (nSPS) is 15.1. The van der Waals surface area contributed by atoms with Gasteiger partial charge in [-0.1, -0.05) is 11.6 Å². The Morgan fingerprint density at radius 1 is 1.47 bits per heavy atom. The number of hydrogen-bond acceptors (Lipinski definition) is 5. The third-order valence-corrected chi connectivity index (χ3v) is 2.67. The van der Waals surface area contributed by atoms with Crippen LogP contribution < -0.4 is 5.32 Å². The molecule has 6 nitrogen and oxygen atoms in total. The first-order chi connectivity index (χ1) is 7.99. The van der Waals surface area contributed by atoms with E-state index in [-0.39, 0.29) is 22.7 Å². The van der Waals surface area contributed by atoms with Gasteiger partial charge < -0.3 is 5.32 Å². The fourth-order valence-corrected chi connectivity index (χ4v) is 1.75. The number of hydrogen-bond donors (Lipinski definition) is 1. The zero-order valence-electron chi connectivity index (χ0n) is 9.61. The maximum absolute atomic E-state index is 10.9. The van der Waals surface area contributed by atoms with Crippen LogP contribution in [-0.2, 0) is 0 Å². The van der Waals surface area contributed by atoms with Gasteiger partial charge in [0.15, 0.2) is 0 Å². The van der Waals surface area contributed by atoms with E-state index in [1.54, 1.807) is 0 Å². The molecule has 0 spiro atoms. The van der Waals surface area contributed by atoms with E-state index >= 15 is 0 Å². The summed E-state index contributed by atoms with van der Waals surface area (Å²) in [5.74, 6) is 1.12. The minimum atomic E-state index is -0.552. The molecular weight excluding hydrogens is 244 g/mol. The Labute approximate surface area is 104 Å². The van der Waals surface area contributed by atoms with Gasteiger partial charge >= 0.3 is 5.69 Å². The van der Waals surface area contributed by atoms with Crippen LogP contribution >= 0.6 is 11.6 Å². The van der Waals surface area contributed by atoms with Crippen molar-refractivity contribution >= 4 is 23.1 Å². The van der Waals surface area contributed by atoms with Crippen molar-refractivity contribution in [3.63, 3.8) is 0 Å². The average Bonchev–Trinajstić information content (AvgIpc) is 2.97. The van der Waals surface area contributed by atoms with E-state index < -0.39 is 4.92 Å². The van der Waals surface area contributed by atoms with Crippen molar-refractivity contribution in [3.05, 3.63) is 21.1 Å². The number of aromatic nitrogens is 2. The lowest BCUT2D eigenvalue weighted by Gasteiger charge is -2.10. The molecule has 0 aliphatic heterocycles. The molecule has 0 saturated heterocycles. The number of nitrogens with zero attached hydrogens (tertiary/aromatic N) is 3. The quantitative estimate of drug-likeness (QED) is 0.509. The maximum atomic E-state index is 10.9. The van der Waals surface area contributed by atoms with Crippen LogP contribution in [0.2, 0.25) is 5.15 Å². The molecule has 0 unspecified atom stereocenters. The number of halogens is 1. The second-order valence-corrected chi connectivity index (χ2v) is 4.76. The summed E-state index contributed by atoms with van der Waals surface area (Å²) >= 11 is 5.85. The number of nitrogens with one attached hydrogen (secondary N) is 1. The molecule has 7 heteroatoms. The Morgan fingerprint density at radius 2 is 2.12 bits per heavy atom. The lowest BCUT2D eigenvalue weighted by Crippen LogP contribution is -2.14. The molecule has 1 fully saturated rings. The third kappa shape index (κ3) is 2.63. The smallest absolute Gasteiger partial charge is 0.348 e. The van der Waals surface area contributed by atoms with E-state index in [0.29, 0.717) is 11.7 Å². The van der Waals surface area contributed by atoms with E-state index in [1.807, 2.05) is 13.8 Å². The molecule has 1 aromatic rings. The summed E-state index contributed by atoms with van der Waals surface area (Å²) in [4.78, 5) is 18.6. The molecule has 0 aromatic carbocycles. The van der Waals surface area contributed by atoms with Gasteiger partial charge in [0.25, 0.3) is 0 Å². The van der Waals surface area contributed by atoms with Crippen molar-refractivity contribution in [2.75, 3.05) is 5.32 Å². The van der Waals surface area contributed by atoms with Gasteiger partial charge in [-0.15, -0.1) is 0 Å². The van der Waals surface area contributed by atoms with Crippen molar-refractivity contribution in [1.29, 1.82) is 0 Å². The second-order valence-electron chi connectivity index (χ2n) is 4.40. The number of nitro groups is 1. The van der Waals surface area contributed by atoms with Gasteiger partial charge in [-0.2, -0.15) is 0 Å². The first-order valence-electron chi connectivity index (χ1n) is 5.47. The molecule has 1 aliphatic carbocycles. The topological polar surface area (TPSA) is 81.0 Å². The molecule has 1 saturated carbocycles. The summed E-state index contributed by atoms with van der Waals surface area (Å²) in [7, 11) is 0. The van der Waals surface area contributed by atoms with Gasteiger partial charge in [0, 0.05) is 12.0 Å². The van der Waals surface area contributed by atoms with Crippen LogP contribution in [-0.4, -0.2) is 20.9 Å². The Balaban J connectivity index is 2.45. The molecule has 1 aliphatic rings. The predicted octanol–water partition coefficient (Wildman–Crippen LogP) is 2.74. The second kappa shape index (κ2) is 4.44. The molecule has 1 aromatic heterocycles. The van der Waals surface area contributed by atoms with Crippen molar-refractivity contribution in [3.8, 4) is 0 Å². The van der Waals surface area contributed by atoms with Crippen LogP contribution in [0.15, 0.2) is 0 Å². The Kier molecular flexibility index (Phi) is 3.15. The average molecular weight is 257 g/mol. The Hall–Kier alpha value is -1.43. The van der Waals surface area contributed by atoms with Crippen LogP contribution in [0.1, 0.15) is 38.4 Å². The van der Waals surface area contributed by atoms with Crippen LogP contribution in [0.5, 0.6) is 0 Å². The first kappa shape index (κ1) is 12.0. The van der Waals surface area contributed by atoms with E-state index in [2.05, 4.69) is 15.3 Å². The number of anilines is 1. The highest BCUT2D eigenvalue weighted by Gasteiger charge is 2.31. The first-order valence-corrected chi connectivity index (χ1v) is 5.85. The zero-order chi connectivity index (χ0) is 12.6. The molecule has 2 rings (SSSR count). The van der Waals surface area contributed by atoms with Gasteiger partial charge in [-0.25, -0.2) is 9.97 Å². The van der Waals surface area contributed by atoms with Crippen LogP contribution in [0, 0.1) is 10.1 Å². The van der Waals surface area contributed by atoms with E-state index in [0.717, 1.165) is 12.8 Å². The fourth-order valence-electron chi connectivity index (χ4n) is 1.50. The Morgan fingerprint density at radius 3 is 2.59 bits per heavy atom. The summed E-state index contributed by atoms with van der Waals surface area (Å²) in [6.07, 6.45) is 2.05. The van der Waals surface area contributed by atoms with Crippen LogP contribution in [0.3, 0.4) is 0 Å². The van der Waals surface area contributed by atoms with Crippen molar-refractivity contribution in [1.82, 2.24) is 9.97 Å². The summed E-state index contributed by atoms with van der Waals surface area (Å²) in [5.41, 5.74) is -0.246. The Bertz CT molecular complexity index is 460. The van der Waals surface area contributed by atoms with Crippen LogP contribution in [0.4, 0.5) is 11.5 Å². The molecule has 17 heavy (non-hydrogen) atoms. The molecule has 1 N–H and O–H groups in total. The van der Waals surface area contributed by atoms with Gasteiger partial charge in [-0.3, -0.25) is 10.1 Å². The molecule has 92 valence electrons. The van der Waals surface area contributed by atoms with Gasteiger partial charge in [-0.05, 0) is 26.7 Å². The minimum Gasteiger partial charge on any atom is -0.362 e. The highest BCUT2D eigenvalue weighted by molar-refractivity contribution is 6.31. The largest absolute Gasteiger partial charge is 0.362 e. The molecule has 0 radical (unpaired) electrons.